The van der Waals surface area contributed by atoms with Crippen LogP contribution in [0.25, 0.3) is 0 Å². The lowest BCUT2D eigenvalue weighted by Gasteiger charge is -2.10. The Morgan fingerprint density at radius 3 is 2.23 bits per heavy atom. The number of sulfonamides is 1. The Bertz CT molecular complexity index is 1670. The number of nitrogens with one attached hydrogen (secondary N) is 2. The summed E-state index contributed by atoms with van der Waals surface area (Å²) in [5.41, 5.74) is 3.95. The minimum absolute atomic E-state index is 0.132. The van der Waals surface area contributed by atoms with Gasteiger partial charge in [-0.05, 0) is 90.8 Å². The fraction of sp³-hybridized carbons (Fsp3) is 0.156. The van der Waals surface area contributed by atoms with Crippen molar-refractivity contribution in [2.75, 3.05) is 18.4 Å². The highest BCUT2D eigenvalue weighted by atomic mass is 32.2. The second-order valence-electron chi connectivity index (χ2n) is 9.22. The number of amides is 1. The molecule has 0 atom stereocenters. The van der Waals surface area contributed by atoms with E-state index in [9.17, 15) is 18.0 Å². The highest BCUT2D eigenvalue weighted by Gasteiger charge is 2.15. The number of carbonyl (C=O) groups excluding carboxylic acids is 2. The van der Waals surface area contributed by atoms with Crippen molar-refractivity contribution in [2.45, 2.75) is 24.7 Å². The van der Waals surface area contributed by atoms with Gasteiger partial charge in [-0.1, -0.05) is 31.5 Å². The molecule has 0 unspecified atom stereocenters. The number of unbranched alkanes of at least 4 members (excludes halogenated alkanes) is 1. The van der Waals surface area contributed by atoms with Crippen LogP contribution in [-0.2, 0) is 10.0 Å². The van der Waals surface area contributed by atoms with Gasteiger partial charge in [0.1, 0.15) is 5.75 Å². The monoisotopic (exact) mass is 601 g/mol. The predicted molar refractivity (Wildman–Crippen MR) is 164 cm³/mol. The van der Waals surface area contributed by atoms with E-state index in [-0.39, 0.29) is 16.2 Å². The van der Waals surface area contributed by atoms with E-state index >= 15 is 0 Å². The van der Waals surface area contributed by atoms with Gasteiger partial charge in [-0.3, -0.25) is 9.52 Å². The standard InChI is InChI=1S/C32H31N3O7S/c1-3-4-20-41-27-17-13-25(14-18-27)32(37)42-29-19-10-23(21-30(29)40-2)22-33-34-31(36)24-11-15-26(16-12-24)35-43(38,39)28-8-6-5-7-9-28/h5-19,21-22,35H,3-4,20H2,1-2H3,(H,34,36)/b33-22-. The zero-order chi connectivity index (χ0) is 30.7. The number of hydrogen-bond acceptors (Lipinski definition) is 8. The molecule has 2 N–H and O–H groups in total. The number of methoxy groups -OCH3 is 1. The topological polar surface area (TPSA) is 132 Å². The number of ether oxygens (including phenoxy) is 3. The van der Waals surface area contributed by atoms with E-state index in [0.717, 1.165) is 12.8 Å². The fourth-order valence-corrected chi connectivity index (χ4v) is 4.84. The number of hydrazone groups is 1. The van der Waals surface area contributed by atoms with Gasteiger partial charge in [0.25, 0.3) is 15.9 Å². The van der Waals surface area contributed by atoms with Crippen molar-refractivity contribution in [1.82, 2.24) is 5.43 Å². The summed E-state index contributed by atoms with van der Waals surface area (Å²) in [6.45, 7) is 2.70. The van der Waals surface area contributed by atoms with Crippen LogP contribution in [0.4, 0.5) is 5.69 Å². The molecule has 0 spiro atoms. The maximum Gasteiger partial charge on any atom is 0.343 e. The number of esters is 1. The number of nitrogens with zero attached hydrogens (tertiary/aromatic N) is 1. The van der Waals surface area contributed by atoms with Crippen LogP contribution >= 0.6 is 0 Å². The summed E-state index contributed by atoms with van der Waals surface area (Å²) < 4.78 is 44.0. The third kappa shape index (κ3) is 8.66. The van der Waals surface area contributed by atoms with E-state index < -0.39 is 21.9 Å². The van der Waals surface area contributed by atoms with E-state index in [4.69, 9.17) is 14.2 Å². The Hall–Kier alpha value is -5.16. The van der Waals surface area contributed by atoms with Crippen LogP contribution in [-0.4, -0.2) is 40.2 Å². The van der Waals surface area contributed by atoms with Crippen molar-refractivity contribution in [1.29, 1.82) is 0 Å². The maximum absolute atomic E-state index is 12.6. The molecule has 0 bridgehead atoms. The third-order valence-corrected chi connectivity index (χ3v) is 7.48. The largest absolute Gasteiger partial charge is 0.494 e. The number of benzene rings is 4. The molecule has 0 saturated carbocycles. The van der Waals surface area contributed by atoms with Gasteiger partial charge >= 0.3 is 5.97 Å². The fourth-order valence-electron chi connectivity index (χ4n) is 3.76. The summed E-state index contributed by atoms with van der Waals surface area (Å²) in [5.74, 6) is 0.164. The van der Waals surface area contributed by atoms with Gasteiger partial charge < -0.3 is 14.2 Å². The molecule has 4 aromatic carbocycles. The first-order chi connectivity index (χ1) is 20.8. The molecule has 4 rings (SSSR count). The van der Waals surface area contributed by atoms with E-state index in [2.05, 4.69) is 22.2 Å². The van der Waals surface area contributed by atoms with Crippen molar-refractivity contribution in [3.8, 4) is 17.2 Å². The second kappa shape index (κ2) is 14.6. The van der Waals surface area contributed by atoms with Crippen molar-refractivity contribution in [3.05, 3.63) is 114 Å². The SMILES string of the molecule is CCCCOc1ccc(C(=O)Oc2ccc(/C=N\NC(=O)c3ccc(NS(=O)(=O)c4ccccc4)cc3)cc2OC)cc1. The number of rotatable bonds is 13. The maximum atomic E-state index is 12.6. The summed E-state index contributed by atoms with van der Waals surface area (Å²) in [6, 6.07) is 25.4. The molecule has 4 aromatic rings. The first-order valence-electron chi connectivity index (χ1n) is 13.4. The number of hydrogen-bond donors (Lipinski definition) is 2. The third-order valence-electron chi connectivity index (χ3n) is 6.08. The van der Waals surface area contributed by atoms with Crippen LogP contribution in [0.5, 0.6) is 17.2 Å². The zero-order valence-corrected chi connectivity index (χ0v) is 24.5. The summed E-state index contributed by atoms with van der Waals surface area (Å²) in [4.78, 5) is 25.3. The van der Waals surface area contributed by atoms with E-state index in [1.807, 2.05) is 0 Å². The van der Waals surface area contributed by atoms with Crippen LogP contribution in [0.3, 0.4) is 0 Å². The quantitative estimate of drug-likeness (QED) is 0.0665. The van der Waals surface area contributed by atoms with Gasteiger partial charge in [0, 0.05) is 11.3 Å². The van der Waals surface area contributed by atoms with Crippen LogP contribution in [0.2, 0.25) is 0 Å². The Labute approximate surface area is 250 Å². The molecule has 0 aliphatic carbocycles. The van der Waals surface area contributed by atoms with Crippen molar-refractivity contribution in [2.24, 2.45) is 5.10 Å². The predicted octanol–water partition coefficient (Wildman–Crippen LogP) is 5.66. The normalized spacial score (nSPS) is 11.1. The second-order valence-corrected chi connectivity index (χ2v) is 10.9. The highest BCUT2D eigenvalue weighted by Crippen LogP contribution is 2.28. The molecule has 43 heavy (non-hydrogen) atoms. The van der Waals surface area contributed by atoms with E-state index in [1.54, 1.807) is 60.7 Å². The Kier molecular flexibility index (Phi) is 10.5. The minimum atomic E-state index is -3.74. The molecule has 0 aliphatic rings. The van der Waals surface area contributed by atoms with Gasteiger partial charge in [0.05, 0.1) is 30.4 Å². The molecular weight excluding hydrogens is 570 g/mol. The van der Waals surface area contributed by atoms with Gasteiger partial charge in [-0.15, -0.1) is 0 Å². The average Bonchev–Trinajstić information content (AvgIpc) is 3.02. The molecule has 1 amide bonds. The Morgan fingerprint density at radius 2 is 1.56 bits per heavy atom. The van der Waals surface area contributed by atoms with E-state index in [1.165, 1.54) is 49.7 Å². The number of anilines is 1. The van der Waals surface area contributed by atoms with Crippen molar-refractivity contribution >= 4 is 33.8 Å². The molecular formula is C32H31N3O7S. The molecule has 0 aromatic heterocycles. The first kappa shape index (κ1) is 30.8. The van der Waals surface area contributed by atoms with Crippen molar-refractivity contribution in [3.63, 3.8) is 0 Å². The molecule has 222 valence electrons. The summed E-state index contributed by atoms with van der Waals surface area (Å²) >= 11 is 0. The number of carbonyl (C=O) groups is 2. The molecule has 0 aliphatic heterocycles. The van der Waals surface area contributed by atoms with Gasteiger partial charge in [-0.2, -0.15) is 5.10 Å². The summed E-state index contributed by atoms with van der Waals surface area (Å²) in [6.07, 6.45) is 3.39. The Balaban J connectivity index is 1.32. The van der Waals surface area contributed by atoms with Crippen LogP contribution < -0.4 is 24.4 Å². The van der Waals surface area contributed by atoms with Gasteiger partial charge in [0.15, 0.2) is 11.5 Å². The lowest BCUT2D eigenvalue weighted by atomic mass is 10.2. The lowest BCUT2D eigenvalue weighted by molar-refractivity contribution is 0.0729. The molecule has 11 heteroatoms. The molecule has 0 radical (unpaired) electrons. The molecule has 0 saturated heterocycles. The summed E-state index contributed by atoms with van der Waals surface area (Å²) in [5, 5.41) is 3.98. The molecule has 0 fully saturated rings. The summed E-state index contributed by atoms with van der Waals surface area (Å²) in [7, 11) is -2.30. The Morgan fingerprint density at radius 1 is 0.860 bits per heavy atom. The minimum Gasteiger partial charge on any atom is -0.494 e. The van der Waals surface area contributed by atoms with E-state index in [0.29, 0.717) is 34.9 Å². The van der Waals surface area contributed by atoms with Gasteiger partial charge in [0.2, 0.25) is 0 Å². The highest BCUT2D eigenvalue weighted by molar-refractivity contribution is 7.92. The molecule has 10 nitrogen and oxygen atoms in total. The van der Waals surface area contributed by atoms with Crippen LogP contribution in [0.15, 0.2) is 107 Å². The zero-order valence-electron chi connectivity index (χ0n) is 23.6. The lowest BCUT2D eigenvalue weighted by Crippen LogP contribution is -2.18. The molecule has 0 heterocycles. The van der Waals surface area contributed by atoms with Gasteiger partial charge in [-0.25, -0.2) is 18.6 Å². The van der Waals surface area contributed by atoms with Crippen molar-refractivity contribution < 1.29 is 32.2 Å². The van der Waals surface area contributed by atoms with Crippen LogP contribution in [0, 0.1) is 0 Å². The first-order valence-corrected chi connectivity index (χ1v) is 14.9. The smallest absolute Gasteiger partial charge is 0.343 e. The van der Waals surface area contributed by atoms with Crippen LogP contribution in [0.1, 0.15) is 46.0 Å². The average molecular weight is 602 g/mol.